The van der Waals surface area contributed by atoms with Gasteiger partial charge in [-0.15, -0.1) is 0 Å². The summed E-state index contributed by atoms with van der Waals surface area (Å²) >= 11 is 0. The van der Waals surface area contributed by atoms with Crippen molar-refractivity contribution in [3.8, 4) is 122 Å². The van der Waals surface area contributed by atoms with Crippen LogP contribution in [-0.4, -0.2) is 0 Å². The van der Waals surface area contributed by atoms with Gasteiger partial charge in [0, 0.05) is 10.8 Å². The first-order valence-corrected chi connectivity index (χ1v) is 30.3. The Morgan fingerprint density at radius 3 is 0.581 bits per heavy atom. The first-order chi connectivity index (χ1) is 42.1. The van der Waals surface area contributed by atoms with Crippen LogP contribution in [0, 0.1) is 0 Å². The van der Waals surface area contributed by atoms with Crippen molar-refractivity contribution in [2.24, 2.45) is 0 Å². The zero-order chi connectivity index (χ0) is 57.7. The third kappa shape index (κ3) is 8.50. The van der Waals surface area contributed by atoms with E-state index in [1.807, 2.05) is 0 Å². The molecule has 0 fully saturated rings. The molecule has 0 N–H and O–H groups in total. The second-order valence-electron chi connectivity index (χ2n) is 24.7. The Bertz CT molecular complexity index is 4960. The number of hydrogen-bond acceptors (Lipinski definition) is 0. The Morgan fingerprint density at radius 1 is 0.151 bits per heavy atom. The molecule has 0 radical (unpaired) electrons. The average Bonchev–Trinajstić information content (AvgIpc) is 1.89. The second kappa shape index (κ2) is 20.2. The summed E-state index contributed by atoms with van der Waals surface area (Å²) in [5.74, 6) is 0. The Hall–Kier alpha value is -10.4. The van der Waals surface area contributed by atoms with Crippen LogP contribution in [0.15, 0.2) is 303 Å². The van der Waals surface area contributed by atoms with E-state index < -0.39 is 0 Å². The smallest absolute Gasteiger partial charge is 0.0159 e. The lowest BCUT2D eigenvalue weighted by molar-refractivity contribution is 0.660. The fraction of sp³-hybridized carbons (Fsp3) is 0.0698. The predicted octanol–water partition coefficient (Wildman–Crippen LogP) is 23.6. The molecular formula is C86H62. The van der Waals surface area contributed by atoms with Gasteiger partial charge in [-0.3, -0.25) is 0 Å². The van der Waals surface area contributed by atoms with Crippen molar-refractivity contribution in [3.63, 3.8) is 0 Å². The molecule has 0 saturated heterocycles. The Labute approximate surface area is 505 Å². The summed E-state index contributed by atoms with van der Waals surface area (Å²) in [5.41, 5.74) is 32.8. The monoisotopic (exact) mass is 1090 g/mol. The van der Waals surface area contributed by atoms with Crippen molar-refractivity contribution >= 4 is 21.5 Å². The maximum atomic E-state index is 2.47. The molecule has 14 aromatic rings. The molecule has 0 bridgehead atoms. The van der Waals surface area contributed by atoms with Gasteiger partial charge in [0.05, 0.1) is 0 Å². The maximum Gasteiger partial charge on any atom is 0.0159 e. The molecular weight excluding hydrogens is 1030 g/mol. The third-order valence-electron chi connectivity index (χ3n) is 19.2. The SMILES string of the molecule is CC1(C)c2cc(-c3ccc(-c4ccc(-c5ccc(-c6ccc(-c7ccccc7)c7ccccc67)cc5)cc4)cc3)ccc2-c2ccc(-c3ccc4c(c3)C(C)(C)c3cc(-c5ccc(-c6ccc(-c7ccccc7)c7ccccc67)cc5)ccc3-4)cc21. The van der Waals surface area contributed by atoms with E-state index in [2.05, 4.69) is 331 Å². The third-order valence-corrected chi connectivity index (χ3v) is 19.2. The van der Waals surface area contributed by atoms with Crippen molar-refractivity contribution in [1.82, 2.24) is 0 Å². The highest BCUT2D eigenvalue weighted by Gasteiger charge is 2.38. The van der Waals surface area contributed by atoms with Crippen molar-refractivity contribution in [2.45, 2.75) is 38.5 Å². The van der Waals surface area contributed by atoms with E-state index in [0.29, 0.717) is 0 Å². The number of fused-ring (bicyclic) bond motifs is 8. The Morgan fingerprint density at radius 2 is 0.326 bits per heavy atom. The van der Waals surface area contributed by atoms with E-state index in [9.17, 15) is 0 Å². The highest BCUT2D eigenvalue weighted by Crippen LogP contribution is 2.54. The summed E-state index contributed by atoms with van der Waals surface area (Å²) in [7, 11) is 0. The van der Waals surface area contributed by atoms with Crippen LogP contribution in [0.4, 0.5) is 0 Å². The van der Waals surface area contributed by atoms with Crippen molar-refractivity contribution in [2.75, 3.05) is 0 Å². The zero-order valence-corrected chi connectivity index (χ0v) is 48.9. The Kier molecular flexibility index (Phi) is 12.0. The molecule has 0 saturated carbocycles. The van der Waals surface area contributed by atoms with Gasteiger partial charge in [0.25, 0.3) is 0 Å². The van der Waals surface area contributed by atoms with Gasteiger partial charge >= 0.3 is 0 Å². The standard InChI is InChI=1S/C86H62/c1-85(2)81-51-65(59-29-27-57(28-30-59)55-23-25-56(26-24-55)58-31-35-63(36-32-58)71-49-47-69(61-15-7-5-8-16-61)73-19-11-13-21-75(71)73)39-43-77(81)79-45-41-67(53-83(79)85)68-42-46-80-78-44-40-66(52-82(78)86(3,4)84(80)54-68)60-33-37-64(38-34-60)72-50-48-70(62-17-9-6-10-18-62)74-20-12-14-22-76(72)74/h5-54H,1-4H3. The van der Waals surface area contributed by atoms with Crippen molar-refractivity contribution in [3.05, 3.63) is 326 Å². The number of rotatable bonds is 9. The highest BCUT2D eigenvalue weighted by molar-refractivity contribution is 6.06. The first-order valence-electron chi connectivity index (χ1n) is 30.3. The molecule has 16 rings (SSSR count). The quantitative estimate of drug-likeness (QED) is 0.135. The van der Waals surface area contributed by atoms with Crippen molar-refractivity contribution < 1.29 is 0 Å². The fourth-order valence-electron chi connectivity index (χ4n) is 14.4. The van der Waals surface area contributed by atoms with E-state index in [1.54, 1.807) is 0 Å². The Balaban J connectivity index is 0.611. The van der Waals surface area contributed by atoms with E-state index >= 15 is 0 Å². The minimum atomic E-state index is -0.164. The van der Waals surface area contributed by atoms with E-state index in [4.69, 9.17) is 0 Å². The average molecular weight is 1100 g/mol. The van der Waals surface area contributed by atoms with Gasteiger partial charge in [0.1, 0.15) is 0 Å². The summed E-state index contributed by atoms with van der Waals surface area (Å²) in [6.07, 6.45) is 0. The molecule has 0 aliphatic heterocycles. The lowest BCUT2D eigenvalue weighted by atomic mass is 9.79. The van der Waals surface area contributed by atoms with Crippen LogP contribution >= 0.6 is 0 Å². The second-order valence-corrected chi connectivity index (χ2v) is 24.7. The number of benzene rings is 14. The molecule has 86 heavy (non-hydrogen) atoms. The molecule has 14 aromatic carbocycles. The molecule has 0 nitrogen and oxygen atoms in total. The van der Waals surface area contributed by atoms with Crippen LogP contribution in [0.5, 0.6) is 0 Å². The minimum Gasteiger partial charge on any atom is -0.0622 e. The molecule has 0 spiro atoms. The molecule has 2 aliphatic carbocycles. The zero-order valence-electron chi connectivity index (χ0n) is 48.9. The van der Waals surface area contributed by atoms with Gasteiger partial charge in [-0.2, -0.15) is 0 Å². The van der Waals surface area contributed by atoms with Crippen LogP contribution in [0.3, 0.4) is 0 Å². The van der Waals surface area contributed by atoms with E-state index in [1.165, 1.54) is 166 Å². The maximum absolute atomic E-state index is 2.47. The van der Waals surface area contributed by atoms with Gasteiger partial charge in [-0.05, 0) is 190 Å². The summed E-state index contributed by atoms with van der Waals surface area (Å²) in [6, 6.07) is 113. The predicted molar refractivity (Wildman–Crippen MR) is 366 cm³/mol. The summed E-state index contributed by atoms with van der Waals surface area (Å²) in [5, 5.41) is 5.09. The van der Waals surface area contributed by atoms with Crippen LogP contribution in [0.25, 0.3) is 144 Å². The molecule has 0 amide bonds. The molecule has 406 valence electrons. The summed E-state index contributed by atoms with van der Waals surface area (Å²) < 4.78 is 0. The van der Waals surface area contributed by atoms with E-state index in [-0.39, 0.29) is 10.8 Å². The lowest BCUT2D eigenvalue weighted by Crippen LogP contribution is -2.15. The largest absolute Gasteiger partial charge is 0.0622 e. The van der Waals surface area contributed by atoms with Crippen LogP contribution in [0.1, 0.15) is 49.9 Å². The van der Waals surface area contributed by atoms with E-state index in [0.717, 1.165) is 0 Å². The molecule has 0 heteroatoms. The summed E-state index contributed by atoms with van der Waals surface area (Å²) in [6.45, 7) is 9.60. The van der Waals surface area contributed by atoms with Gasteiger partial charge < -0.3 is 0 Å². The fourth-order valence-corrected chi connectivity index (χ4v) is 14.4. The van der Waals surface area contributed by atoms with Gasteiger partial charge in [0.2, 0.25) is 0 Å². The van der Waals surface area contributed by atoms with Crippen LogP contribution < -0.4 is 0 Å². The van der Waals surface area contributed by atoms with Crippen LogP contribution in [0.2, 0.25) is 0 Å². The highest BCUT2D eigenvalue weighted by atomic mass is 14.4. The molecule has 0 atom stereocenters. The van der Waals surface area contributed by atoms with Gasteiger partial charge in [-0.1, -0.05) is 307 Å². The minimum absolute atomic E-state index is 0.162. The lowest BCUT2D eigenvalue weighted by Gasteiger charge is -2.24. The number of hydrogen-bond donors (Lipinski definition) is 0. The first kappa shape index (κ1) is 51.3. The topological polar surface area (TPSA) is 0 Å². The van der Waals surface area contributed by atoms with Gasteiger partial charge in [-0.25, -0.2) is 0 Å². The summed E-state index contributed by atoms with van der Waals surface area (Å²) in [4.78, 5) is 0. The van der Waals surface area contributed by atoms with Crippen LogP contribution in [-0.2, 0) is 10.8 Å². The van der Waals surface area contributed by atoms with Gasteiger partial charge in [0.15, 0.2) is 0 Å². The molecule has 0 aromatic heterocycles. The molecule has 0 heterocycles. The van der Waals surface area contributed by atoms with Crippen molar-refractivity contribution in [1.29, 1.82) is 0 Å². The normalized spacial score (nSPS) is 13.3. The molecule has 0 unspecified atom stereocenters. The molecule has 2 aliphatic rings.